The van der Waals surface area contributed by atoms with E-state index < -0.39 is 24.1 Å². The van der Waals surface area contributed by atoms with E-state index >= 15 is 0 Å². The van der Waals surface area contributed by atoms with Crippen molar-refractivity contribution in [2.45, 2.75) is 26.1 Å². The van der Waals surface area contributed by atoms with Crippen LogP contribution in [0.2, 0.25) is 0 Å². The standard InChI is InChI=1S/2C3H6O3.Ba.2H/c2*1-2(4)3(5)6;;;/h2*2,4H,1H3,(H,5,6);;;. The number of carboxylic acids is 2. The first-order valence-electron chi connectivity index (χ1n) is 3.10. The van der Waals surface area contributed by atoms with Gasteiger partial charge in [-0.15, -0.1) is 0 Å². The molecule has 0 heterocycles. The van der Waals surface area contributed by atoms with Crippen molar-refractivity contribution in [2.24, 2.45) is 0 Å². The molecule has 6 nitrogen and oxygen atoms in total. The van der Waals surface area contributed by atoms with E-state index in [-0.39, 0.29) is 48.9 Å². The van der Waals surface area contributed by atoms with E-state index in [1.807, 2.05) is 0 Å². The molecule has 0 amide bonds. The van der Waals surface area contributed by atoms with Crippen LogP contribution < -0.4 is 0 Å². The van der Waals surface area contributed by atoms with E-state index in [0.29, 0.717) is 0 Å². The van der Waals surface area contributed by atoms with E-state index in [1.165, 1.54) is 13.8 Å². The molecule has 0 aromatic rings. The zero-order valence-corrected chi connectivity index (χ0v) is 6.76. The van der Waals surface area contributed by atoms with Crippen LogP contribution in [0.4, 0.5) is 0 Å². The summed E-state index contributed by atoms with van der Waals surface area (Å²) < 4.78 is 0. The molecular weight excluding hydrogens is 305 g/mol. The van der Waals surface area contributed by atoms with Crippen molar-refractivity contribution in [1.29, 1.82) is 0 Å². The van der Waals surface area contributed by atoms with E-state index in [1.54, 1.807) is 0 Å². The summed E-state index contributed by atoms with van der Waals surface area (Å²) in [5, 5.41) is 31.5. The van der Waals surface area contributed by atoms with Crippen molar-refractivity contribution in [1.82, 2.24) is 0 Å². The van der Waals surface area contributed by atoms with Gasteiger partial charge in [0, 0.05) is 0 Å². The maximum atomic E-state index is 9.45. The van der Waals surface area contributed by atoms with Crippen LogP contribution in [0.25, 0.3) is 0 Å². The monoisotopic (exact) mass is 320 g/mol. The van der Waals surface area contributed by atoms with E-state index in [4.69, 9.17) is 20.4 Å². The molecule has 4 N–H and O–H groups in total. The predicted molar refractivity (Wildman–Crippen MR) is 47.2 cm³/mol. The number of aliphatic hydroxyl groups is 2. The van der Waals surface area contributed by atoms with Crippen LogP contribution in [-0.2, 0) is 9.59 Å². The van der Waals surface area contributed by atoms with Gasteiger partial charge < -0.3 is 20.4 Å². The molecule has 76 valence electrons. The SMILES string of the molecule is CC(O)C(=O)O.CC(O)C(=O)O.[BaH2]. The third kappa shape index (κ3) is 19.0. The number of hydrogen-bond acceptors (Lipinski definition) is 4. The first-order valence-corrected chi connectivity index (χ1v) is 3.10. The molecule has 0 aliphatic rings. The van der Waals surface area contributed by atoms with Crippen LogP contribution in [0, 0.1) is 0 Å². The summed E-state index contributed by atoms with van der Waals surface area (Å²) in [6.45, 7) is 2.39. The van der Waals surface area contributed by atoms with Crippen molar-refractivity contribution >= 4 is 60.8 Å². The van der Waals surface area contributed by atoms with Gasteiger partial charge in [-0.2, -0.15) is 0 Å². The van der Waals surface area contributed by atoms with Crippen LogP contribution in [0.3, 0.4) is 0 Å². The quantitative estimate of drug-likeness (QED) is 0.437. The summed E-state index contributed by atoms with van der Waals surface area (Å²) in [4.78, 5) is 18.9. The fraction of sp³-hybridized carbons (Fsp3) is 0.667. The molecule has 0 spiro atoms. The summed E-state index contributed by atoms with van der Waals surface area (Å²) in [6.07, 6.45) is -2.46. The van der Waals surface area contributed by atoms with Gasteiger partial charge in [0.25, 0.3) is 0 Å². The number of carboxylic acid groups (broad SMARTS) is 2. The molecule has 0 fully saturated rings. The Morgan fingerprint density at radius 2 is 1.00 bits per heavy atom. The van der Waals surface area contributed by atoms with Crippen LogP contribution in [0.15, 0.2) is 0 Å². The van der Waals surface area contributed by atoms with Gasteiger partial charge in [0.05, 0.1) is 0 Å². The van der Waals surface area contributed by atoms with Gasteiger partial charge in [0.15, 0.2) is 0 Å². The summed E-state index contributed by atoms with van der Waals surface area (Å²) >= 11 is 0. The van der Waals surface area contributed by atoms with Crippen molar-refractivity contribution in [3.8, 4) is 0 Å². The predicted octanol–water partition coefficient (Wildman–Crippen LogP) is -2.01. The molecule has 0 radical (unpaired) electrons. The Kier molecular flexibility index (Phi) is 15.4. The minimum atomic E-state index is -1.23. The van der Waals surface area contributed by atoms with Crippen LogP contribution in [0.1, 0.15) is 13.8 Å². The molecule has 0 aromatic heterocycles. The second-order valence-electron chi connectivity index (χ2n) is 2.03. The number of carbonyl (C=O) groups is 2. The van der Waals surface area contributed by atoms with Gasteiger partial charge >= 0.3 is 60.8 Å². The Labute approximate surface area is 116 Å². The molecule has 0 saturated carbocycles. The van der Waals surface area contributed by atoms with Crippen LogP contribution in [0.5, 0.6) is 0 Å². The van der Waals surface area contributed by atoms with E-state index in [0.717, 1.165) is 0 Å². The van der Waals surface area contributed by atoms with Gasteiger partial charge in [-0.25, -0.2) is 9.59 Å². The topological polar surface area (TPSA) is 115 Å². The second-order valence-corrected chi connectivity index (χ2v) is 2.03. The fourth-order valence-corrected chi connectivity index (χ4v) is 0. The van der Waals surface area contributed by atoms with Crippen molar-refractivity contribution < 1.29 is 30.0 Å². The molecule has 0 aliphatic heterocycles. The minimum absolute atomic E-state index is 0. The summed E-state index contributed by atoms with van der Waals surface area (Å²) in [7, 11) is 0. The number of aliphatic hydroxyl groups excluding tert-OH is 2. The molecule has 0 rings (SSSR count). The van der Waals surface area contributed by atoms with Gasteiger partial charge in [-0.1, -0.05) is 0 Å². The molecule has 2 atom stereocenters. The van der Waals surface area contributed by atoms with Gasteiger partial charge in [0.2, 0.25) is 0 Å². The summed E-state index contributed by atoms with van der Waals surface area (Å²) in [6, 6.07) is 0. The first-order chi connectivity index (χ1) is 5.29. The van der Waals surface area contributed by atoms with Crippen LogP contribution >= 0.6 is 0 Å². The number of hydrogen-bond donors (Lipinski definition) is 4. The molecule has 13 heavy (non-hydrogen) atoms. The summed E-state index contributed by atoms with van der Waals surface area (Å²) in [5.41, 5.74) is 0. The molecule has 7 heteroatoms. The van der Waals surface area contributed by atoms with Gasteiger partial charge in [-0.05, 0) is 13.8 Å². The van der Waals surface area contributed by atoms with E-state index in [9.17, 15) is 9.59 Å². The molecule has 0 aliphatic carbocycles. The molecule has 0 saturated heterocycles. The molecule has 2 unspecified atom stereocenters. The normalized spacial score (nSPS) is 12.6. The molecule has 0 aromatic carbocycles. The fourth-order valence-electron chi connectivity index (χ4n) is 0. The third-order valence-corrected chi connectivity index (χ3v) is 0.715. The van der Waals surface area contributed by atoms with Crippen LogP contribution in [-0.4, -0.2) is 93.5 Å². The molecule has 0 bridgehead atoms. The first kappa shape index (κ1) is 19.1. The Hall–Kier alpha value is 0.431. The number of aliphatic carboxylic acids is 2. The zero-order chi connectivity index (χ0) is 10.3. The van der Waals surface area contributed by atoms with Crippen molar-refractivity contribution in [3.05, 3.63) is 0 Å². The Morgan fingerprint density at radius 3 is 1.00 bits per heavy atom. The Morgan fingerprint density at radius 1 is 0.923 bits per heavy atom. The average Bonchev–Trinajstić information content (AvgIpc) is 1.88. The molecular formula is C6H14BaO6. The van der Waals surface area contributed by atoms with E-state index in [2.05, 4.69) is 0 Å². The number of rotatable bonds is 2. The summed E-state index contributed by atoms with van der Waals surface area (Å²) in [5.74, 6) is -2.37. The van der Waals surface area contributed by atoms with Gasteiger partial charge in [-0.3, -0.25) is 0 Å². The Balaban J connectivity index is -0.000000143. The Bertz CT molecular complexity index is 137. The third-order valence-electron chi connectivity index (χ3n) is 0.715. The maximum absolute atomic E-state index is 9.45. The second kappa shape index (κ2) is 10.5. The van der Waals surface area contributed by atoms with Crippen molar-refractivity contribution in [3.63, 3.8) is 0 Å². The zero-order valence-electron chi connectivity index (χ0n) is 6.76. The van der Waals surface area contributed by atoms with Crippen molar-refractivity contribution in [2.75, 3.05) is 0 Å². The van der Waals surface area contributed by atoms with Gasteiger partial charge in [0.1, 0.15) is 12.2 Å². The average molecular weight is 320 g/mol.